The Bertz CT molecular complexity index is 641. The van der Waals surface area contributed by atoms with Crippen LogP contribution in [-0.2, 0) is 4.74 Å². The Morgan fingerprint density at radius 3 is 2.72 bits per heavy atom. The van der Waals surface area contributed by atoms with E-state index in [-0.39, 0.29) is 0 Å². The number of benzene rings is 1. The molecule has 4 heteroatoms. The second-order valence-corrected chi connectivity index (χ2v) is 6.24. The number of morpholine rings is 1. The van der Waals surface area contributed by atoms with Crippen LogP contribution in [0, 0.1) is 6.92 Å². The molecular weight excluding hydrogens is 310 g/mol. The SMILES string of the molecule is C\C=C(/C(CCC)=N\C=C\c1cc(NC)ccc1C)N1CCOCC1. The number of hydrogen-bond acceptors (Lipinski definition) is 4. The molecule has 2 rings (SSSR count). The van der Waals surface area contributed by atoms with Crippen molar-refractivity contribution in [3.63, 3.8) is 0 Å². The highest BCUT2D eigenvalue weighted by atomic mass is 16.5. The lowest BCUT2D eigenvalue weighted by atomic mass is 10.1. The third kappa shape index (κ3) is 5.46. The van der Waals surface area contributed by atoms with Gasteiger partial charge in [0.25, 0.3) is 0 Å². The van der Waals surface area contributed by atoms with Gasteiger partial charge in [0.15, 0.2) is 0 Å². The van der Waals surface area contributed by atoms with Crippen molar-refractivity contribution in [1.82, 2.24) is 4.90 Å². The fraction of sp³-hybridized carbons (Fsp3) is 0.476. The topological polar surface area (TPSA) is 36.9 Å². The van der Waals surface area contributed by atoms with Crippen molar-refractivity contribution in [2.45, 2.75) is 33.6 Å². The van der Waals surface area contributed by atoms with Crippen molar-refractivity contribution in [3.8, 4) is 0 Å². The van der Waals surface area contributed by atoms with Gasteiger partial charge in [-0.1, -0.05) is 25.5 Å². The van der Waals surface area contributed by atoms with E-state index in [0.717, 1.165) is 50.5 Å². The molecule has 0 aromatic heterocycles. The molecule has 1 N–H and O–H groups in total. The monoisotopic (exact) mass is 341 g/mol. The molecule has 0 amide bonds. The minimum Gasteiger partial charge on any atom is -0.388 e. The van der Waals surface area contributed by atoms with Gasteiger partial charge in [-0.3, -0.25) is 4.99 Å². The maximum absolute atomic E-state index is 5.48. The zero-order valence-electron chi connectivity index (χ0n) is 16.0. The Morgan fingerprint density at radius 1 is 1.32 bits per heavy atom. The molecular formula is C21H31N3O. The van der Waals surface area contributed by atoms with Crippen LogP contribution in [0.5, 0.6) is 0 Å². The van der Waals surface area contributed by atoms with Gasteiger partial charge in [-0.15, -0.1) is 0 Å². The summed E-state index contributed by atoms with van der Waals surface area (Å²) in [6.45, 7) is 9.89. The highest BCUT2D eigenvalue weighted by Crippen LogP contribution is 2.17. The summed E-state index contributed by atoms with van der Waals surface area (Å²) < 4.78 is 5.48. The first-order chi connectivity index (χ1) is 12.2. The molecule has 1 aliphatic heterocycles. The zero-order valence-corrected chi connectivity index (χ0v) is 16.0. The molecule has 0 spiro atoms. The summed E-state index contributed by atoms with van der Waals surface area (Å²) in [5, 5.41) is 3.19. The first-order valence-corrected chi connectivity index (χ1v) is 9.20. The third-order valence-corrected chi connectivity index (χ3v) is 4.46. The first kappa shape index (κ1) is 19.3. The molecule has 1 aliphatic rings. The van der Waals surface area contributed by atoms with Gasteiger partial charge in [-0.2, -0.15) is 0 Å². The average molecular weight is 341 g/mol. The van der Waals surface area contributed by atoms with E-state index in [2.05, 4.69) is 61.3 Å². The number of rotatable bonds is 7. The lowest BCUT2D eigenvalue weighted by Crippen LogP contribution is -2.38. The molecule has 25 heavy (non-hydrogen) atoms. The predicted molar refractivity (Wildman–Crippen MR) is 108 cm³/mol. The van der Waals surface area contributed by atoms with Crippen LogP contribution in [0.3, 0.4) is 0 Å². The lowest BCUT2D eigenvalue weighted by Gasteiger charge is -2.31. The third-order valence-electron chi connectivity index (χ3n) is 4.46. The largest absolute Gasteiger partial charge is 0.388 e. The van der Waals surface area contributed by atoms with Crippen LogP contribution in [0.2, 0.25) is 0 Å². The van der Waals surface area contributed by atoms with E-state index in [4.69, 9.17) is 9.73 Å². The van der Waals surface area contributed by atoms with Crippen molar-refractivity contribution in [1.29, 1.82) is 0 Å². The summed E-state index contributed by atoms with van der Waals surface area (Å²) >= 11 is 0. The molecule has 0 unspecified atom stereocenters. The zero-order chi connectivity index (χ0) is 18.1. The minimum absolute atomic E-state index is 0.794. The fourth-order valence-corrected chi connectivity index (χ4v) is 3.01. The Hall–Kier alpha value is -2.07. The van der Waals surface area contributed by atoms with Crippen LogP contribution in [-0.4, -0.2) is 44.0 Å². The van der Waals surface area contributed by atoms with Crippen molar-refractivity contribution in [2.24, 2.45) is 4.99 Å². The Morgan fingerprint density at radius 2 is 2.08 bits per heavy atom. The highest BCUT2D eigenvalue weighted by molar-refractivity contribution is 6.00. The van der Waals surface area contributed by atoms with E-state index in [1.54, 1.807) is 0 Å². The van der Waals surface area contributed by atoms with Crippen LogP contribution < -0.4 is 5.32 Å². The van der Waals surface area contributed by atoms with E-state index in [1.165, 1.54) is 16.8 Å². The van der Waals surface area contributed by atoms with Gasteiger partial charge in [0.1, 0.15) is 0 Å². The number of aryl methyl sites for hydroxylation is 1. The van der Waals surface area contributed by atoms with E-state index in [1.807, 2.05) is 13.2 Å². The lowest BCUT2D eigenvalue weighted by molar-refractivity contribution is 0.0563. The number of nitrogens with one attached hydrogen (secondary N) is 1. The number of aliphatic imine (C=N–C) groups is 1. The summed E-state index contributed by atoms with van der Waals surface area (Å²) in [5.41, 5.74) is 5.97. The number of allylic oxidation sites excluding steroid dienone is 2. The number of ether oxygens (including phenoxy) is 1. The summed E-state index contributed by atoms with van der Waals surface area (Å²) in [6.07, 6.45) is 8.29. The van der Waals surface area contributed by atoms with Crippen LogP contribution in [0.15, 0.2) is 41.2 Å². The predicted octanol–water partition coefficient (Wildman–Crippen LogP) is 4.48. The van der Waals surface area contributed by atoms with E-state index < -0.39 is 0 Å². The van der Waals surface area contributed by atoms with Gasteiger partial charge in [0.2, 0.25) is 0 Å². The summed E-state index contributed by atoms with van der Waals surface area (Å²) in [6, 6.07) is 6.38. The minimum atomic E-state index is 0.794. The molecule has 0 aliphatic carbocycles. The number of hydrogen-bond donors (Lipinski definition) is 1. The molecule has 4 nitrogen and oxygen atoms in total. The van der Waals surface area contributed by atoms with Crippen molar-refractivity contribution in [2.75, 3.05) is 38.7 Å². The van der Waals surface area contributed by atoms with Crippen molar-refractivity contribution in [3.05, 3.63) is 47.3 Å². The van der Waals surface area contributed by atoms with Gasteiger partial charge >= 0.3 is 0 Å². The van der Waals surface area contributed by atoms with Gasteiger partial charge in [0, 0.05) is 32.0 Å². The molecule has 0 bridgehead atoms. The molecule has 1 fully saturated rings. The second kappa shape index (κ2) is 10.0. The van der Waals surface area contributed by atoms with Gasteiger partial charge in [-0.05, 0) is 49.6 Å². The van der Waals surface area contributed by atoms with Crippen LogP contribution in [0.4, 0.5) is 5.69 Å². The molecule has 1 aromatic carbocycles. The van der Waals surface area contributed by atoms with Gasteiger partial charge in [-0.25, -0.2) is 0 Å². The van der Waals surface area contributed by atoms with E-state index in [9.17, 15) is 0 Å². The smallest absolute Gasteiger partial charge is 0.0642 e. The second-order valence-electron chi connectivity index (χ2n) is 6.24. The van der Waals surface area contributed by atoms with Crippen LogP contribution >= 0.6 is 0 Å². The summed E-state index contributed by atoms with van der Waals surface area (Å²) in [7, 11) is 1.94. The Labute approximate surface area is 152 Å². The molecule has 0 radical (unpaired) electrons. The quantitative estimate of drug-likeness (QED) is 0.743. The molecule has 136 valence electrons. The highest BCUT2D eigenvalue weighted by Gasteiger charge is 2.16. The fourth-order valence-electron chi connectivity index (χ4n) is 3.01. The Kier molecular flexibility index (Phi) is 7.74. The van der Waals surface area contributed by atoms with E-state index in [0.29, 0.717) is 0 Å². The summed E-state index contributed by atoms with van der Waals surface area (Å²) in [5.74, 6) is 0. The Balaban J connectivity index is 2.21. The normalized spacial score (nSPS) is 16.6. The van der Waals surface area contributed by atoms with Crippen LogP contribution in [0.1, 0.15) is 37.8 Å². The van der Waals surface area contributed by atoms with Gasteiger partial charge in [0.05, 0.1) is 24.6 Å². The number of anilines is 1. The van der Waals surface area contributed by atoms with Crippen molar-refractivity contribution < 1.29 is 4.74 Å². The average Bonchev–Trinajstić information content (AvgIpc) is 2.64. The number of nitrogens with zero attached hydrogens (tertiary/aromatic N) is 2. The standard InChI is InChI=1S/C21H31N3O/c1-5-7-20(21(6-2)24-12-14-25-15-13-24)23-11-10-18-16-19(22-4)9-8-17(18)3/h6,8-11,16,22H,5,7,12-15H2,1-4H3/b11-10+,21-6+,23-20-. The molecule has 0 saturated carbocycles. The van der Waals surface area contributed by atoms with Gasteiger partial charge < -0.3 is 15.0 Å². The first-order valence-electron chi connectivity index (χ1n) is 9.20. The maximum Gasteiger partial charge on any atom is 0.0642 e. The van der Waals surface area contributed by atoms with Crippen LogP contribution in [0.25, 0.3) is 6.08 Å². The maximum atomic E-state index is 5.48. The molecule has 0 atom stereocenters. The molecule has 1 aromatic rings. The van der Waals surface area contributed by atoms with E-state index >= 15 is 0 Å². The summed E-state index contributed by atoms with van der Waals surface area (Å²) in [4.78, 5) is 7.20. The molecule has 1 heterocycles. The van der Waals surface area contributed by atoms with Crippen molar-refractivity contribution >= 4 is 17.5 Å². The molecule has 1 saturated heterocycles.